The maximum Gasteiger partial charge on any atom is 0.325 e. The van der Waals surface area contributed by atoms with Crippen molar-refractivity contribution in [1.29, 1.82) is 0 Å². The number of ketones is 1. The van der Waals surface area contributed by atoms with E-state index in [1.165, 1.54) is 0 Å². The Labute approximate surface area is 78.5 Å². The Morgan fingerprint density at radius 2 is 1.85 bits per heavy atom. The summed E-state index contributed by atoms with van der Waals surface area (Å²) in [4.78, 5) is 28.0. The van der Waals surface area contributed by atoms with Gasteiger partial charge in [0.25, 0.3) is 0 Å². The van der Waals surface area contributed by atoms with Crippen molar-refractivity contribution < 1.29 is 19.1 Å². The van der Waals surface area contributed by atoms with Gasteiger partial charge in [-0.15, -0.1) is 0 Å². The van der Waals surface area contributed by atoms with Gasteiger partial charge in [0, 0.05) is 19.0 Å². The number of rotatable bonds is 7. The Morgan fingerprint density at radius 3 is 2.31 bits per heavy atom. The molecule has 0 saturated carbocycles. The summed E-state index contributed by atoms with van der Waals surface area (Å²) in [5, 5.41) is 0. The summed E-state index contributed by atoms with van der Waals surface area (Å²) in [7, 11) is -3.85. The molecule has 0 aromatic carbocycles. The molecule has 0 heterocycles. The first-order valence-electron chi connectivity index (χ1n) is 4.52. The molecule has 4 nitrogen and oxygen atoms in total. The molecule has 0 saturated heterocycles. The van der Waals surface area contributed by atoms with Gasteiger partial charge in [-0.2, -0.15) is 0 Å². The van der Waals surface area contributed by atoms with E-state index in [4.69, 9.17) is 9.79 Å². The zero-order chi connectivity index (χ0) is 10.3. The maximum atomic E-state index is 11.0. The average molecular weight is 208 g/mol. The van der Waals surface area contributed by atoms with Crippen molar-refractivity contribution in [2.45, 2.75) is 39.0 Å². The molecule has 0 atom stereocenters. The second-order valence-electron chi connectivity index (χ2n) is 3.13. The van der Waals surface area contributed by atoms with E-state index in [-0.39, 0.29) is 11.9 Å². The van der Waals surface area contributed by atoms with Crippen LogP contribution in [0.15, 0.2) is 0 Å². The summed E-state index contributed by atoms with van der Waals surface area (Å²) in [6.45, 7) is 1.94. The van der Waals surface area contributed by atoms with E-state index < -0.39 is 7.60 Å². The Bertz CT molecular complexity index is 196. The van der Waals surface area contributed by atoms with Crippen LogP contribution in [0, 0.1) is 0 Å². The molecule has 0 aromatic rings. The normalized spacial score (nSPS) is 11.6. The van der Waals surface area contributed by atoms with Gasteiger partial charge in [-0.25, -0.2) is 0 Å². The van der Waals surface area contributed by atoms with Gasteiger partial charge in [-0.1, -0.05) is 6.92 Å². The molecule has 78 valence electrons. The molecule has 0 spiro atoms. The van der Waals surface area contributed by atoms with Gasteiger partial charge in [-0.3, -0.25) is 9.36 Å². The molecular formula is C8H17O4P. The Balaban J connectivity index is 3.36. The third-order valence-corrected chi connectivity index (χ3v) is 2.58. The minimum atomic E-state index is -3.85. The molecule has 13 heavy (non-hydrogen) atoms. The van der Waals surface area contributed by atoms with Gasteiger partial charge < -0.3 is 9.79 Å². The second kappa shape index (κ2) is 6.30. The van der Waals surface area contributed by atoms with Crippen molar-refractivity contribution in [2.75, 3.05) is 6.16 Å². The van der Waals surface area contributed by atoms with Gasteiger partial charge in [0.05, 0.1) is 0 Å². The Morgan fingerprint density at radius 1 is 1.23 bits per heavy atom. The summed E-state index contributed by atoms with van der Waals surface area (Å²) < 4.78 is 10.4. The molecule has 0 amide bonds. The van der Waals surface area contributed by atoms with E-state index in [1.54, 1.807) is 0 Å². The van der Waals surface area contributed by atoms with Crippen LogP contribution in [0.3, 0.4) is 0 Å². The topological polar surface area (TPSA) is 74.6 Å². The van der Waals surface area contributed by atoms with E-state index in [1.807, 2.05) is 6.92 Å². The first-order valence-corrected chi connectivity index (χ1v) is 6.31. The molecular weight excluding hydrogens is 191 g/mol. The summed E-state index contributed by atoms with van der Waals surface area (Å²) in [5.74, 6) is 0.188. The zero-order valence-corrected chi connectivity index (χ0v) is 8.80. The SMILES string of the molecule is CCCC(=O)CCCCP(=O)(O)O. The fraction of sp³-hybridized carbons (Fsp3) is 0.875. The van der Waals surface area contributed by atoms with Crippen molar-refractivity contribution in [2.24, 2.45) is 0 Å². The second-order valence-corrected chi connectivity index (χ2v) is 4.91. The predicted octanol–water partition coefficient (Wildman–Crippen LogP) is 1.70. The van der Waals surface area contributed by atoms with Gasteiger partial charge >= 0.3 is 7.60 Å². The van der Waals surface area contributed by atoms with Crippen LogP contribution in [0.25, 0.3) is 0 Å². The third kappa shape index (κ3) is 9.74. The van der Waals surface area contributed by atoms with Crippen molar-refractivity contribution in [3.05, 3.63) is 0 Å². The zero-order valence-electron chi connectivity index (χ0n) is 7.90. The number of hydrogen-bond acceptors (Lipinski definition) is 2. The molecule has 0 bridgehead atoms. The van der Waals surface area contributed by atoms with Crippen LogP contribution in [-0.2, 0) is 9.36 Å². The predicted molar refractivity (Wildman–Crippen MR) is 50.7 cm³/mol. The van der Waals surface area contributed by atoms with Gasteiger partial charge in [-0.05, 0) is 19.3 Å². The fourth-order valence-electron chi connectivity index (χ4n) is 1.04. The highest BCUT2D eigenvalue weighted by Crippen LogP contribution is 2.35. The highest BCUT2D eigenvalue weighted by Gasteiger charge is 2.11. The largest absolute Gasteiger partial charge is 0.325 e. The van der Waals surface area contributed by atoms with Crippen LogP contribution < -0.4 is 0 Å². The third-order valence-electron chi connectivity index (χ3n) is 1.68. The number of hydrogen-bond donors (Lipinski definition) is 2. The minimum absolute atomic E-state index is 0.105. The summed E-state index contributed by atoms with van der Waals surface area (Å²) in [5.41, 5.74) is 0. The van der Waals surface area contributed by atoms with Crippen LogP contribution in [0.2, 0.25) is 0 Å². The lowest BCUT2D eigenvalue weighted by Gasteiger charge is -2.02. The van der Waals surface area contributed by atoms with Crippen molar-refractivity contribution in [3.63, 3.8) is 0 Å². The highest BCUT2D eigenvalue weighted by molar-refractivity contribution is 7.51. The van der Waals surface area contributed by atoms with Crippen LogP contribution in [0.1, 0.15) is 39.0 Å². The molecule has 5 heteroatoms. The highest BCUT2D eigenvalue weighted by atomic mass is 31.2. The molecule has 0 radical (unpaired) electrons. The van der Waals surface area contributed by atoms with Gasteiger partial charge in [0.1, 0.15) is 5.78 Å². The van der Waals surface area contributed by atoms with Crippen LogP contribution >= 0.6 is 7.60 Å². The van der Waals surface area contributed by atoms with Crippen molar-refractivity contribution in [3.8, 4) is 0 Å². The van der Waals surface area contributed by atoms with E-state index in [9.17, 15) is 9.36 Å². The van der Waals surface area contributed by atoms with Crippen LogP contribution in [0.5, 0.6) is 0 Å². The van der Waals surface area contributed by atoms with E-state index in [0.29, 0.717) is 25.7 Å². The number of unbranched alkanes of at least 4 members (excludes halogenated alkanes) is 1. The lowest BCUT2D eigenvalue weighted by atomic mass is 10.1. The molecule has 0 aliphatic rings. The first-order chi connectivity index (χ1) is 5.95. The average Bonchev–Trinajstić information content (AvgIpc) is 1.97. The van der Waals surface area contributed by atoms with Crippen LogP contribution in [-0.4, -0.2) is 21.7 Å². The van der Waals surface area contributed by atoms with Crippen molar-refractivity contribution in [1.82, 2.24) is 0 Å². The van der Waals surface area contributed by atoms with Gasteiger partial charge in [0.2, 0.25) is 0 Å². The maximum absolute atomic E-state index is 11.0. The smallest absolute Gasteiger partial charge is 0.324 e. The van der Waals surface area contributed by atoms with E-state index in [0.717, 1.165) is 6.42 Å². The standard InChI is InChI=1S/C8H17O4P/c1-2-5-8(9)6-3-4-7-13(10,11)12/h2-7H2,1H3,(H2,10,11,12). The monoisotopic (exact) mass is 208 g/mol. The molecule has 0 aliphatic heterocycles. The first kappa shape index (κ1) is 12.8. The molecule has 0 aliphatic carbocycles. The van der Waals surface area contributed by atoms with E-state index >= 15 is 0 Å². The molecule has 0 unspecified atom stereocenters. The van der Waals surface area contributed by atoms with Gasteiger partial charge in [0.15, 0.2) is 0 Å². The number of carbonyl (C=O) groups excluding carboxylic acids is 1. The quantitative estimate of drug-likeness (QED) is 0.493. The van der Waals surface area contributed by atoms with Crippen LogP contribution in [0.4, 0.5) is 0 Å². The molecule has 0 rings (SSSR count). The summed E-state index contributed by atoms with van der Waals surface area (Å²) in [6.07, 6.45) is 2.79. The molecule has 0 fully saturated rings. The van der Waals surface area contributed by atoms with E-state index in [2.05, 4.69) is 0 Å². The van der Waals surface area contributed by atoms with Crippen molar-refractivity contribution >= 4 is 13.4 Å². The molecule has 0 aromatic heterocycles. The Kier molecular flexibility index (Phi) is 6.21. The molecule has 2 N–H and O–H groups in total. The number of Topliss-reactive ketones (excluding diaryl/α,β-unsaturated/α-hetero) is 1. The lowest BCUT2D eigenvalue weighted by molar-refractivity contribution is -0.119. The lowest BCUT2D eigenvalue weighted by Crippen LogP contribution is -1.97. The summed E-state index contributed by atoms with van der Waals surface area (Å²) >= 11 is 0. The number of carbonyl (C=O) groups is 1. The fourth-order valence-corrected chi connectivity index (χ4v) is 1.68. The summed E-state index contributed by atoms with van der Waals surface area (Å²) in [6, 6.07) is 0. The minimum Gasteiger partial charge on any atom is -0.324 e. The Hall–Kier alpha value is -0.180.